The van der Waals surface area contributed by atoms with E-state index in [1.165, 1.54) is 26.1 Å². The Morgan fingerprint density at radius 1 is 1.08 bits per heavy atom. The van der Waals surface area contributed by atoms with Crippen molar-refractivity contribution in [1.82, 2.24) is 19.5 Å². The van der Waals surface area contributed by atoms with Gasteiger partial charge in [0.25, 0.3) is 16.3 Å². The maximum Gasteiger partial charge on any atom is 0.511 e. The van der Waals surface area contributed by atoms with E-state index in [4.69, 9.17) is 14.3 Å². The van der Waals surface area contributed by atoms with Crippen LogP contribution in [0.25, 0.3) is 16.9 Å². The molecule has 0 spiro atoms. The van der Waals surface area contributed by atoms with E-state index in [-0.39, 0.29) is 33.8 Å². The van der Waals surface area contributed by atoms with E-state index in [2.05, 4.69) is 15.1 Å². The van der Waals surface area contributed by atoms with Crippen LogP contribution in [0.3, 0.4) is 0 Å². The van der Waals surface area contributed by atoms with Crippen molar-refractivity contribution in [2.75, 3.05) is 20.3 Å². The summed E-state index contributed by atoms with van der Waals surface area (Å²) >= 11 is 0. The highest BCUT2D eigenvalue weighted by Crippen LogP contribution is 2.33. The smallest absolute Gasteiger partial charge is 0.511 e. The number of ether oxygens (including phenoxy) is 3. The Bertz CT molecular complexity index is 1720. The van der Waals surface area contributed by atoms with Crippen molar-refractivity contribution in [2.45, 2.75) is 64.4 Å². The number of aromatic nitrogens is 2. The molecule has 0 aliphatic rings. The van der Waals surface area contributed by atoms with Crippen LogP contribution in [0.5, 0.6) is 0 Å². The Kier molecular flexibility index (Phi) is 12.8. The molecule has 0 saturated heterocycles. The normalized spacial score (nSPS) is 13.9. The fourth-order valence-electron chi connectivity index (χ4n) is 4.28. The number of hydrogen-bond donors (Lipinski definition) is 1. The fourth-order valence-corrected chi connectivity index (χ4v) is 5.18. The van der Waals surface area contributed by atoms with Gasteiger partial charge in [0.1, 0.15) is 12.6 Å². The Hall–Kier alpha value is -5.07. The lowest BCUT2D eigenvalue weighted by Gasteiger charge is -2.28. The molecule has 0 bridgehead atoms. The SMILES string of the molecule is CCOC(=O)OC(C)ON=[N+]([O-])N(C)[C@H](COC(=O)NS(=O)(=O)c1ccc(-n2nc(C(F)(F)F)cc2-c2ccc(C)cc2)cc1)[C@H](C)CC. The zero-order chi connectivity index (χ0) is 36.5. The maximum absolute atomic E-state index is 13.5. The molecule has 0 saturated carbocycles. The first-order valence-corrected chi connectivity index (χ1v) is 16.4. The third kappa shape index (κ3) is 10.5. The number of halogens is 3. The molecule has 0 fully saturated rings. The number of sulfonamides is 1. The Morgan fingerprint density at radius 3 is 2.29 bits per heavy atom. The molecule has 3 atom stereocenters. The standard InChI is InChI=1S/C30H37F3N6O9S/c1-7-20(4)26(37(6)39(42)36-48-21(5)47-29(41)45-8-2)18-46-28(40)35-49(43,44)24-15-13-23(14-16-24)38-25(17-27(34-38)30(31,32)33)22-11-9-19(3)10-12-22/h9-17,20-21,26H,7-8,18H2,1-6H3,(H,35,40)/t20-,21?,26-/m1/s1. The van der Waals surface area contributed by atoms with Crippen molar-refractivity contribution in [3.05, 3.63) is 71.1 Å². The Labute approximate surface area is 280 Å². The summed E-state index contributed by atoms with van der Waals surface area (Å²) in [7, 11) is -3.17. The van der Waals surface area contributed by atoms with Gasteiger partial charge in [-0.2, -0.15) is 18.3 Å². The number of likely N-dealkylation sites (N-methyl/N-ethyl adjacent to an activating group) is 1. The predicted octanol–water partition coefficient (Wildman–Crippen LogP) is 5.96. The summed E-state index contributed by atoms with van der Waals surface area (Å²) < 4.78 is 83.9. The molecule has 0 radical (unpaired) electrons. The predicted molar refractivity (Wildman–Crippen MR) is 166 cm³/mol. The number of carbonyl (C=O) groups excluding carboxylic acids is 2. The van der Waals surface area contributed by atoms with E-state index >= 15 is 0 Å². The number of carbonyl (C=O) groups is 2. The van der Waals surface area contributed by atoms with Crippen molar-refractivity contribution >= 4 is 22.3 Å². The van der Waals surface area contributed by atoms with Crippen LogP contribution in [0, 0.1) is 18.0 Å². The largest absolute Gasteiger partial charge is 0.569 e. The molecule has 268 valence electrons. The summed E-state index contributed by atoms with van der Waals surface area (Å²) in [5, 5.41) is 20.6. The summed E-state index contributed by atoms with van der Waals surface area (Å²) in [6, 6.07) is 11.5. The van der Waals surface area contributed by atoms with Gasteiger partial charge in [0.05, 0.1) is 34.9 Å². The van der Waals surface area contributed by atoms with Crippen LogP contribution in [0.15, 0.2) is 64.8 Å². The highest BCUT2D eigenvalue weighted by atomic mass is 32.2. The second kappa shape index (κ2) is 16.4. The van der Waals surface area contributed by atoms with E-state index in [0.717, 1.165) is 33.5 Å². The number of aryl methyl sites for hydroxylation is 1. The summed E-state index contributed by atoms with van der Waals surface area (Å²) in [5.41, 5.74) is 0.474. The third-order valence-electron chi connectivity index (χ3n) is 7.18. The average molecular weight is 715 g/mol. The van der Waals surface area contributed by atoms with Gasteiger partial charge < -0.3 is 19.4 Å². The number of alkyl halides is 3. The van der Waals surface area contributed by atoms with Crippen LogP contribution in [0.2, 0.25) is 0 Å². The molecule has 1 amide bonds. The zero-order valence-electron chi connectivity index (χ0n) is 27.5. The first-order chi connectivity index (χ1) is 23.0. The quantitative estimate of drug-likeness (QED) is 0.0686. The third-order valence-corrected chi connectivity index (χ3v) is 8.51. The van der Waals surface area contributed by atoms with Crippen LogP contribution in [0.4, 0.5) is 22.8 Å². The first-order valence-electron chi connectivity index (χ1n) is 14.9. The zero-order valence-corrected chi connectivity index (χ0v) is 28.3. The monoisotopic (exact) mass is 714 g/mol. The first kappa shape index (κ1) is 38.4. The van der Waals surface area contributed by atoms with Gasteiger partial charge in [0.2, 0.25) is 5.28 Å². The van der Waals surface area contributed by atoms with Gasteiger partial charge in [-0.05, 0) is 50.1 Å². The van der Waals surface area contributed by atoms with Gasteiger partial charge >= 0.3 is 18.4 Å². The topological polar surface area (TPSA) is 177 Å². The minimum Gasteiger partial charge on any atom is -0.569 e. The van der Waals surface area contributed by atoms with Crippen molar-refractivity contribution in [3.8, 4) is 16.9 Å². The van der Waals surface area contributed by atoms with Gasteiger partial charge in [0.15, 0.2) is 5.69 Å². The van der Waals surface area contributed by atoms with E-state index in [9.17, 15) is 36.4 Å². The van der Waals surface area contributed by atoms with Gasteiger partial charge in [-0.15, -0.1) is 5.01 Å². The summed E-state index contributed by atoms with van der Waals surface area (Å²) in [5.74, 6) is -0.272. The molecular formula is C30H37F3N6O9S. The number of amides is 1. The van der Waals surface area contributed by atoms with Gasteiger partial charge in [-0.3, -0.25) is 4.84 Å². The van der Waals surface area contributed by atoms with Crippen molar-refractivity contribution in [1.29, 1.82) is 0 Å². The van der Waals surface area contributed by atoms with E-state index in [0.29, 0.717) is 12.0 Å². The molecule has 15 nitrogen and oxygen atoms in total. The molecule has 2 aromatic carbocycles. The Balaban J connectivity index is 1.71. The van der Waals surface area contributed by atoms with Crippen molar-refractivity contribution in [3.63, 3.8) is 0 Å². The molecule has 3 aromatic rings. The summed E-state index contributed by atoms with van der Waals surface area (Å²) in [6.07, 6.45) is -7.85. The summed E-state index contributed by atoms with van der Waals surface area (Å²) in [6.45, 7) is 7.88. The van der Waals surface area contributed by atoms with Gasteiger partial charge in [0, 0.05) is 12.5 Å². The minimum absolute atomic E-state index is 0.0446. The van der Waals surface area contributed by atoms with Crippen LogP contribution in [-0.4, -0.2) is 73.0 Å². The number of nitrogens with zero attached hydrogens (tertiary/aromatic N) is 5. The molecule has 3 rings (SSSR count). The van der Waals surface area contributed by atoms with E-state index in [1.54, 1.807) is 42.8 Å². The molecule has 19 heteroatoms. The second-order valence-corrected chi connectivity index (χ2v) is 12.4. The molecular weight excluding hydrogens is 677 g/mol. The molecule has 1 N–H and O–H groups in total. The highest BCUT2D eigenvalue weighted by Gasteiger charge is 2.35. The lowest BCUT2D eigenvalue weighted by atomic mass is 10.00. The number of benzene rings is 2. The van der Waals surface area contributed by atoms with E-state index in [1.807, 2.05) is 13.8 Å². The van der Waals surface area contributed by atoms with Crippen molar-refractivity contribution < 1.29 is 55.2 Å². The number of hydrazine groups is 1. The van der Waals surface area contributed by atoms with Crippen LogP contribution in [-0.2, 0) is 35.2 Å². The maximum atomic E-state index is 13.5. The van der Waals surface area contributed by atoms with Crippen LogP contribution < -0.4 is 4.72 Å². The van der Waals surface area contributed by atoms with E-state index < -0.39 is 53.1 Å². The molecule has 49 heavy (non-hydrogen) atoms. The average Bonchev–Trinajstić information content (AvgIpc) is 3.50. The molecule has 1 unspecified atom stereocenters. The Morgan fingerprint density at radius 2 is 1.71 bits per heavy atom. The second-order valence-electron chi connectivity index (χ2n) is 10.7. The number of rotatable bonds is 14. The highest BCUT2D eigenvalue weighted by molar-refractivity contribution is 7.90. The summed E-state index contributed by atoms with van der Waals surface area (Å²) in [4.78, 5) is 28.5. The number of nitrogens with one attached hydrogen (secondary N) is 1. The molecule has 1 heterocycles. The lowest BCUT2D eigenvalue weighted by molar-refractivity contribution is -0.716. The van der Waals surface area contributed by atoms with Crippen LogP contribution in [0.1, 0.15) is 45.4 Å². The van der Waals surface area contributed by atoms with Gasteiger partial charge in [-0.25, -0.2) is 27.4 Å². The molecule has 0 aliphatic carbocycles. The van der Waals surface area contributed by atoms with Crippen molar-refractivity contribution in [2.24, 2.45) is 11.2 Å². The number of hydrogen-bond acceptors (Lipinski definition) is 11. The minimum atomic E-state index is -4.73. The molecule has 1 aromatic heterocycles. The molecule has 0 aliphatic heterocycles. The fraction of sp³-hybridized carbons (Fsp3) is 0.433. The lowest BCUT2D eigenvalue weighted by Crippen LogP contribution is -2.45. The van der Waals surface area contributed by atoms with Gasteiger partial charge in [-0.1, -0.05) is 50.1 Å². The van der Waals surface area contributed by atoms with Crippen LogP contribution >= 0.6 is 0 Å².